The highest BCUT2D eigenvalue weighted by Crippen LogP contribution is 2.36. The number of hydrogen-bond donors (Lipinski definition) is 2. The summed E-state index contributed by atoms with van der Waals surface area (Å²) in [4.78, 5) is 24.3. The van der Waals surface area contributed by atoms with E-state index in [1.165, 1.54) is 18.2 Å². The van der Waals surface area contributed by atoms with Crippen molar-refractivity contribution >= 4 is 23.2 Å². The third-order valence-electron chi connectivity index (χ3n) is 4.17. The number of carbonyl (C=O) groups excluding carboxylic acids is 2. The van der Waals surface area contributed by atoms with Gasteiger partial charge >= 0.3 is 6.18 Å². The molecule has 30 heavy (non-hydrogen) atoms. The summed E-state index contributed by atoms with van der Waals surface area (Å²) in [5.41, 5.74) is -0.876. The minimum absolute atomic E-state index is 0.0822. The van der Waals surface area contributed by atoms with Crippen molar-refractivity contribution in [2.24, 2.45) is 0 Å². The molecule has 0 saturated carbocycles. The van der Waals surface area contributed by atoms with Crippen LogP contribution in [0.2, 0.25) is 0 Å². The van der Waals surface area contributed by atoms with Gasteiger partial charge in [0.05, 0.1) is 17.7 Å². The Bertz CT molecular complexity index is 1050. The summed E-state index contributed by atoms with van der Waals surface area (Å²) < 4.78 is 53.5. The molecule has 0 saturated heterocycles. The number of anilines is 2. The Kier molecular flexibility index (Phi) is 6.15. The van der Waals surface area contributed by atoms with E-state index in [4.69, 9.17) is 0 Å². The van der Waals surface area contributed by atoms with Gasteiger partial charge < -0.3 is 10.6 Å². The lowest BCUT2D eigenvalue weighted by atomic mass is 10.1. The van der Waals surface area contributed by atoms with Crippen LogP contribution >= 0.6 is 0 Å². The summed E-state index contributed by atoms with van der Waals surface area (Å²) >= 11 is 0. The van der Waals surface area contributed by atoms with Crippen molar-refractivity contribution in [2.75, 3.05) is 10.6 Å². The third kappa shape index (κ3) is 5.44. The first kappa shape index (κ1) is 21.0. The van der Waals surface area contributed by atoms with Crippen molar-refractivity contribution in [1.82, 2.24) is 0 Å². The topological polar surface area (TPSA) is 58.2 Å². The average Bonchev–Trinajstić information content (AvgIpc) is 2.69. The number of benzene rings is 3. The van der Waals surface area contributed by atoms with Crippen molar-refractivity contribution in [2.45, 2.75) is 12.6 Å². The predicted molar refractivity (Wildman–Crippen MR) is 105 cm³/mol. The SMILES string of the molecule is O=C(Cc1ccccc1)Nc1ccc(NC(=O)c2ccc(F)cc2)cc1C(F)(F)F. The highest BCUT2D eigenvalue weighted by atomic mass is 19.4. The lowest BCUT2D eigenvalue weighted by Gasteiger charge is -2.16. The van der Waals surface area contributed by atoms with Gasteiger partial charge in [-0.3, -0.25) is 9.59 Å². The van der Waals surface area contributed by atoms with Gasteiger partial charge in [-0.05, 0) is 48.0 Å². The summed E-state index contributed by atoms with van der Waals surface area (Å²) in [7, 11) is 0. The monoisotopic (exact) mass is 416 g/mol. The molecule has 3 rings (SSSR count). The van der Waals surface area contributed by atoms with Gasteiger partial charge in [-0.25, -0.2) is 4.39 Å². The maximum atomic E-state index is 13.5. The molecule has 2 N–H and O–H groups in total. The van der Waals surface area contributed by atoms with Crippen LogP contribution in [0.25, 0.3) is 0 Å². The summed E-state index contributed by atoms with van der Waals surface area (Å²) in [5, 5.41) is 4.61. The molecule has 0 aliphatic heterocycles. The zero-order valence-electron chi connectivity index (χ0n) is 15.5. The molecule has 0 aliphatic carbocycles. The zero-order valence-corrected chi connectivity index (χ0v) is 15.5. The first-order chi connectivity index (χ1) is 14.2. The maximum absolute atomic E-state index is 13.5. The van der Waals surface area contributed by atoms with E-state index in [1.54, 1.807) is 30.3 Å². The van der Waals surface area contributed by atoms with Gasteiger partial charge in [-0.1, -0.05) is 30.3 Å². The Morgan fingerprint density at radius 1 is 0.833 bits per heavy atom. The van der Waals surface area contributed by atoms with Gasteiger partial charge in [-0.2, -0.15) is 13.2 Å². The van der Waals surface area contributed by atoms with Crippen LogP contribution in [0.15, 0.2) is 72.8 Å². The number of nitrogens with one attached hydrogen (secondary N) is 2. The Morgan fingerprint density at radius 3 is 2.13 bits per heavy atom. The van der Waals surface area contributed by atoms with Crippen LogP contribution in [-0.4, -0.2) is 11.8 Å². The third-order valence-corrected chi connectivity index (χ3v) is 4.17. The minimum Gasteiger partial charge on any atom is -0.325 e. The molecule has 0 aliphatic rings. The highest BCUT2D eigenvalue weighted by Gasteiger charge is 2.34. The quantitative estimate of drug-likeness (QED) is 0.556. The highest BCUT2D eigenvalue weighted by molar-refractivity contribution is 6.04. The summed E-state index contributed by atoms with van der Waals surface area (Å²) in [6.45, 7) is 0. The Morgan fingerprint density at radius 2 is 1.50 bits per heavy atom. The van der Waals surface area contributed by atoms with Crippen molar-refractivity contribution in [3.05, 3.63) is 95.3 Å². The molecule has 0 spiro atoms. The second kappa shape index (κ2) is 8.77. The second-order valence-corrected chi connectivity index (χ2v) is 6.43. The van der Waals surface area contributed by atoms with Crippen LogP contribution in [0.5, 0.6) is 0 Å². The van der Waals surface area contributed by atoms with Crippen LogP contribution in [0.1, 0.15) is 21.5 Å². The molecule has 8 heteroatoms. The van der Waals surface area contributed by atoms with Gasteiger partial charge in [0.2, 0.25) is 5.91 Å². The predicted octanol–water partition coefficient (Wildman–Crippen LogP) is 5.28. The number of carbonyl (C=O) groups is 2. The molecule has 3 aromatic carbocycles. The molecule has 154 valence electrons. The van der Waals surface area contributed by atoms with E-state index >= 15 is 0 Å². The largest absolute Gasteiger partial charge is 0.418 e. The molecule has 0 aromatic heterocycles. The summed E-state index contributed by atoms with van der Waals surface area (Å²) in [5.74, 6) is -1.83. The molecule has 0 fully saturated rings. The fourth-order valence-electron chi connectivity index (χ4n) is 2.75. The van der Waals surface area contributed by atoms with Crippen molar-refractivity contribution in [1.29, 1.82) is 0 Å². The van der Waals surface area contributed by atoms with E-state index in [9.17, 15) is 27.2 Å². The number of halogens is 4. The lowest BCUT2D eigenvalue weighted by Crippen LogP contribution is -2.19. The van der Waals surface area contributed by atoms with E-state index < -0.39 is 35.1 Å². The van der Waals surface area contributed by atoms with E-state index in [2.05, 4.69) is 10.6 Å². The van der Waals surface area contributed by atoms with Crippen molar-refractivity contribution < 1.29 is 27.2 Å². The van der Waals surface area contributed by atoms with Crippen molar-refractivity contribution in [3.8, 4) is 0 Å². The van der Waals surface area contributed by atoms with E-state index in [1.807, 2.05) is 0 Å². The van der Waals surface area contributed by atoms with Crippen LogP contribution in [0.3, 0.4) is 0 Å². The minimum atomic E-state index is -4.76. The Hall–Kier alpha value is -3.68. The Labute approximate surface area is 169 Å². The zero-order chi connectivity index (χ0) is 21.7. The number of amides is 2. The van der Waals surface area contributed by atoms with Crippen LogP contribution in [0.4, 0.5) is 28.9 Å². The van der Waals surface area contributed by atoms with E-state index in [0.717, 1.165) is 24.3 Å². The molecule has 3 aromatic rings. The standard InChI is InChI=1S/C22H16F4N2O2/c23-16-8-6-15(7-9-16)21(30)27-17-10-11-19(18(13-17)22(24,25)26)28-20(29)12-14-4-2-1-3-5-14/h1-11,13H,12H2,(H,27,30)(H,28,29). The lowest BCUT2D eigenvalue weighted by molar-refractivity contribution is -0.136. The Balaban J connectivity index is 1.79. The second-order valence-electron chi connectivity index (χ2n) is 6.43. The van der Waals surface area contributed by atoms with Crippen LogP contribution in [0, 0.1) is 5.82 Å². The normalized spacial score (nSPS) is 11.1. The molecule has 0 radical (unpaired) electrons. The first-order valence-electron chi connectivity index (χ1n) is 8.84. The van der Waals surface area contributed by atoms with E-state index in [0.29, 0.717) is 5.56 Å². The molecule has 0 heterocycles. The molecule has 0 atom stereocenters. The van der Waals surface area contributed by atoms with E-state index in [-0.39, 0.29) is 17.7 Å². The number of hydrogen-bond acceptors (Lipinski definition) is 2. The fourth-order valence-corrected chi connectivity index (χ4v) is 2.75. The van der Waals surface area contributed by atoms with Gasteiger partial charge in [0.25, 0.3) is 5.91 Å². The van der Waals surface area contributed by atoms with Crippen LogP contribution < -0.4 is 10.6 Å². The molecule has 4 nitrogen and oxygen atoms in total. The number of rotatable bonds is 5. The molecule has 0 bridgehead atoms. The van der Waals surface area contributed by atoms with Crippen LogP contribution in [-0.2, 0) is 17.4 Å². The maximum Gasteiger partial charge on any atom is 0.418 e. The van der Waals surface area contributed by atoms with Gasteiger partial charge in [-0.15, -0.1) is 0 Å². The smallest absolute Gasteiger partial charge is 0.325 e. The van der Waals surface area contributed by atoms with Crippen molar-refractivity contribution in [3.63, 3.8) is 0 Å². The molecular formula is C22H16F4N2O2. The molecular weight excluding hydrogens is 400 g/mol. The first-order valence-corrected chi connectivity index (χ1v) is 8.84. The summed E-state index contributed by atoms with van der Waals surface area (Å²) in [6.07, 6.45) is -4.84. The summed E-state index contributed by atoms with van der Waals surface area (Å²) in [6, 6.07) is 16.2. The fraction of sp³-hybridized carbons (Fsp3) is 0.0909. The van der Waals surface area contributed by atoms with Gasteiger partial charge in [0.15, 0.2) is 0 Å². The van der Waals surface area contributed by atoms with Gasteiger partial charge in [0.1, 0.15) is 5.82 Å². The number of alkyl halides is 3. The van der Waals surface area contributed by atoms with Gasteiger partial charge in [0, 0.05) is 11.3 Å². The molecule has 2 amide bonds. The average molecular weight is 416 g/mol. The molecule has 0 unspecified atom stereocenters.